The van der Waals surface area contributed by atoms with Crippen molar-refractivity contribution in [3.05, 3.63) is 34.0 Å². The molecule has 1 aliphatic heterocycles. The average molecular weight is 344 g/mol. The van der Waals surface area contributed by atoms with E-state index in [9.17, 15) is 0 Å². The van der Waals surface area contributed by atoms with Crippen molar-refractivity contribution in [1.29, 1.82) is 0 Å². The number of rotatable bonds is 4. The van der Waals surface area contributed by atoms with Gasteiger partial charge in [-0.1, -0.05) is 0 Å². The van der Waals surface area contributed by atoms with Gasteiger partial charge in [0.25, 0.3) is 0 Å². The van der Waals surface area contributed by atoms with Crippen molar-refractivity contribution >= 4 is 17.0 Å². The van der Waals surface area contributed by atoms with E-state index < -0.39 is 0 Å². The highest BCUT2D eigenvalue weighted by molar-refractivity contribution is 7.11. The maximum absolute atomic E-state index is 5.22. The van der Waals surface area contributed by atoms with E-state index in [0.29, 0.717) is 11.8 Å². The van der Waals surface area contributed by atoms with Crippen LogP contribution in [-0.2, 0) is 6.54 Å². The van der Waals surface area contributed by atoms with Gasteiger partial charge in [-0.25, -0.2) is 4.98 Å². The molecule has 0 aliphatic carbocycles. The lowest BCUT2D eigenvalue weighted by atomic mass is 9.96. The van der Waals surface area contributed by atoms with E-state index in [4.69, 9.17) is 4.74 Å². The smallest absolute Gasteiger partial charge is 0.231 e. The molecule has 7 nitrogen and oxygen atoms in total. The molecule has 0 aromatic carbocycles. The highest BCUT2D eigenvalue weighted by Crippen LogP contribution is 2.28. The monoisotopic (exact) mass is 344 g/mol. The van der Waals surface area contributed by atoms with Crippen LogP contribution in [-0.4, -0.2) is 49.9 Å². The average Bonchev–Trinajstić information content (AvgIpc) is 3.21. The van der Waals surface area contributed by atoms with Crippen molar-refractivity contribution in [3.63, 3.8) is 0 Å². The van der Waals surface area contributed by atoms with E-state index in [1.54, 1.807) is 18.4 Å². The van der Waals surface area contributed by atoms with Gasteiger partial charge in [-0.3, -0.25) is 4.90 Å². The maximum Gasteiger partial charge on any atom is 0.231 e. The van der Waals surface area contributed by atoms with Crippen LogP contribution in [0.4, 0.5) is 0 Å². The molecule has 0 spiro atoms. The summed E-state index contributed by atoms with van der Waals surface area (Å²) in [7, 11) is 1.62. The van der Waals surface area contributed by atoms with E-state index in [2.05, 4.69) is 32.1 Å². The minimum absolute atomic E-state index is 0.388. The Balaban J connectivity index is 1.45. The molecule has 24 heavy (non-hydrogen) atoms. The van der Waals surface area contributed by atoms with Gasteiger partial charge in [0.2, 0.25) is 5.88 Å². The van der Waals surface area contributed by atoms with Gasteiger partial charge in [-0.2, -0.15) is 4.52 Å². The fourth-order valence-electron chi connectivity index (χ4n) is 3.20. The summed E-state index contributed by atoms with van der Waals surface area (Å²) in [6.07, 6.45) is 4.13. The summed E-state index contributed by atoms with van der Waals surface area (Å²) in [6.45, 7) is 5.16. The number of piperidine rings is 1. The molecule has 8 heteroatoms. The summed E-state index contributed by atoms with van der Waals surface area (Å²) in [5.74, 6) is 1.91. The lowest BCUT2D eigenvalue weighted by Crippen LogP contribution is -2.32. The molecule has 0 saturated carbocycles. The molecule has 0 amide bonds. The number of likely N-dealkylation sites (tertiary alicyclic amines) is 1. The molecule has 0 unspecified atom stereocenters. The highest BCUT2D eigenvalue weighted by atomic mass is 32.1. The first-order valence-electron chi connectivity index (χ1n) is 8.13. The number of hydrogen-bond donors (Lipinski definition) is 0. The van der Waals surface area contributed by atoms with Crippen LogP contribution in [0.15, 0.2) is 18.3 Å². The van der Waals surface area contributed by atoms with Crippen LogP contribution in [0.2, 0.25) is 0 Å². The molecular formula is C16H20N6OS. The number of aromatic nitrogens is 5. The maximum atomic E-state index is 5.22. The number of ether oxygens (including phenoxy) is 1. The quantitative estimate of drug-likeness (QED) is 0.723. The van der Waals surface area contributed by atoms with Gasteiger partial charge in [0.05, 0.1) is 12.1 Å². The van der Waals surface area contributed by atoms with Gasteiger partial charge in [0.15, 0.2) is 11.5 Å². The molecule has 3 aromatic rings. The van der Waals surface area contributed by atoms with Crippen LogP contribution in [0.3, 0.4) is 0 Å². The van der Waals surface area contributed by atoms with Crippen molar-refractivity contribution in [2.24, 2.45) is 0 Å². The number of aryl methyl sites for hydroxylation is 1. The van der Waals surface area contributed by atoms with Crippen LogP contribution in [0, 0.1) is 6.92 Å². The second-order valence-electron chi connectivity index (χ2n) is 6.10. The van der Waals surface area contributed by atoms with Crippen molar-refractivity contribution in [2.45, 2.75) is 32.2 Å². The van der Waals surface area contributed by atoms with Gasteiger partial charge in [-0.15, -0.1) is 26.6 Å². The Morgan fingerprint density at radius 3 is 2.79 bits per heavy atom. The van der Waals surface area contributed by atoms with Crippen molar-refractivity contribution in [1.82, 2.24) is 29.7 Å². The fourth-order valence-corrected chi connectivity index (χ4v) is 4.04. The van der Waals surface area contributed by atoms with Crippen molar-refractivity contribution in [3.8, 4) is 5.88 Å². The molecule has 126 valence electrons. The molecule has 3 aromatic heterocycles. The summed E-state index contributed by atoms with van der Waals surface area (Å²) in [5.41, 5.74) is 0.772. The van der Waals surface area contributed by atoms with E-state index in [-0.39, 0.29) is 0 Å². The van der Waals surface area contributed by atoms with E-state index in [1.165, 1.54) is 4.88 Å². The normalized spacial score (nSPS) is 16.8. The van der Waals surface area contributed by atoms with Crippen LogP contribution >= 0.6 is 11.3 Å². The SMILES string of the molecule is COc1ccc2nnc(C3CCN(Cc4cnc(C)s4)CC3)n2n1. The number of fused-ring (bicyclic) bond motifs is 1. The molecule has 1 aliphatic rings. The van der Waals surface area contributed by atoms with Gasteiger partial charge in [-0.05, 0) is 38.9 Å². The number of nitrogens with zero attached hydrogens (tertiary/aromatic N) is 6. The first kappa shape index (κ1) is 15.5. The Kier molecular flexibility index (Phi) is 4.15. The second kappa shape index (κ2) is 6.45. The van der Waals surface area contributed by atoms with Gasteiger partial charge in [0.1, 0.15) is 0 Å². The first-order chi connectivity index (χ1) is 11.7. The topological polar surface area (TPSA) is 68.4 Å². The number of thiazole rings is 1. The Morgan fingerprint density at radius 2 is 2.08 bits per heavy atom. The third-order valence-corrected chi connectivity index (χ3v) is 5.37. The Morgan fingerprint density at radius 1 is 1.25 bits per heavy atom. The number of hydrogen-bond acceptors (Lipinski definition) is 7. The Hall–Kier alpha value is -2.06. The van der Waals surface area contributed by atoms with Crippen LogP contribution in [0.1, 0.15) is 34.5 Å². The molecule has 0 atom stereocenters. The third kappa shape index (κ3) is 2.99. The molecule has 1 fully saturated rings. The molecule has 4 heterocycles. The number of methoxy groups -OCH3 is 1. The molecule has 1 saturated heterocycles. The minimum atomic E-state index is 0.388. The minimum Gasteiger partial charge on any atom is -0.480 e. The standard InChI is InChI=1S/C16H20N6OS/c1-11-17-9-13(24-11)10-21-7-5-12(6-8-21)16-19-18-14-3-4-15(23-2)20-22(14)16/h3-4,9,12H,5-8,10H2,1-2H3. The predicted molar refractivity (Wildman–Crippen MR) is 91.4 cm³/mol. The Labute approximate surface area is 144 Å². The lowest BCUT2D eigenvalue weighted by molar-refractivity contribution is 0.202. The highest BCUT2D eigenvalue weighted by Gasteiger charge is 2.25. The van der Waals surface area contributed by atoms with Crippen LogP contribution < -0.4 is 4.74 Å². The predicted octanol–water partition coefficient (Wildman–Crippen LogP) is 2.28. The van der Waals surface area contributed by atoms with Crippen LogP contribution in [0.25, 0.3) is 5.65 Å². The van der Waals surface area contributed by atoms with E-state index in [0.717, 1.165) is 49.0 Å². The van der Waals surface area contributed by atoms with Gasteiger partial charge in [0, 0.05) is 29.6 Å². The van der Waals surface area contributed by atoms with E-state index in [1.807, 2.05) is 22.8 Å². The Bertz CT molecular complexity index is 836. The van der Waals surface area contributed by atoms with Crippen molar-refractivity contribution < 1.29 is 4.74 Å². The summed E-state index contributed by atoms with van der Waals surface area (Å²) >= 11 is 1.78. The second-order valence-corrected chi connectivity index (χ2v) is 7.42. The van der Waals surface area contributed by atoms with Gasteiger partial charge < -0.3 is 4.74 Å². The summed E-state index contributed by atoms with van der Waals surface area (Å²) in [4.78, 5) is 8.16. The summed E-state index contributed by atoms with van der Waals surface area (Å²) < 4.78 is 7.04. The zero-order valence-electron chi connectivity index (χ0n) is 13.8. The van der Waals surface area contributed by atoms with Gasteiger partial charge >= 0.3 is 0 Å². The zero-order chi connectivity index (χ0) is 16.5. The molecule has 0 radical (unpaired) electrons. The van der Waals surface area contributed by atoms with Crippen LogP contribution in [0.5, 0.6) is 5.88 Å². The summed E-state index contributed by atoms with van der Waals surface area (Å²) in [5, 5.41) is 14.2. The third-order valence-electron chi connectivity index (χ3n) is 4.47. The van der Waals surface area contributed by atoms with E-state index >= 15 is 0 Å². The molecule has 0 bridgehead atoms. The fraction of sp³-hybridized carbons (Fsp3) is 0.500. The molecule has 4 rings (SSSR count). The molecule has 0 N–H and O–H groups in total. The molecular weight excluding hydrogens is 324 g/mol. The lowest BCUT2D eigenvalue weighted by Gasteiger charge is -2.30. The first-order valence-corrected chi connectivity index (χ1v) is 8.94. The van der Waals surface area contributed by atoms with Crippen molar-refractivity contribution in [2.75, 3.05) is 20.2 Å². The summed E-state index contributed by atoms with van der Waals surface area (Å²) in [6, 6.07) is 3.71. The zero-order valence-corrected chi connectivity index (χ0v) is 14.7. The largest absolute Gasteiger partial charge is 0.480 e.